The molecule has 0 aliphatic heterocycles. The van der Waals surface area contributed by atoms with E-state index in [-0.39, 0.29) is 5.56 Å². The number of benzene rings is 1. The van der Waals surface area contributed by atoms with E-state index in [1.54, 1.807) is 18.2 Å². The summed E-state index contributed by atoms with van der Waals surface area (Å²) in [5.74, 6) is 0. The number of nitrogens with zero attached hydrogens (tertiary/aromatic N) is 3. The van der Waals surface area contributed by atoms with E-state index in [9.17, 15) is 4.79 Å². The zero-order valence-corrected chi connectivity index (χ0v) is 10.9. The van der Waals surface area contributed by atoms with Crippen molar-refractivity contribution in [3.63, 3.8) is 0 Å². The van der Waals surface area contributed by atoms with Crippen LogP contribution in [0.25, 0.3) is 22.2 Å². The average molecular weight is 293 g/mol. The van der Waals surface area contributed by atoms with Gasteiger partial charge in [-0.2, -0.15) is 5.10 Å². The van der Waals surface area contributed by atoms with Crippen molar-refractivity contribution < 1.29 is 0 Å². The first kappa shape index (κ1) is 12.1. The summed E-state index contributed by atoms with van der Waals surface area (Å²) in [6, 6.07) is 5.01. The lowest BCUT2D eigenvalue weighted by molar-refractivity contribution is 1.04. The highest BCUT2D eigenvalue weighted by Crippen LogP contribution is 2.31. The molecule has 0 spiro atoms. The fourth-order valence-electron chi connectivity index (χ4n) is 1.77. The number of aromatic amines is 1. The standard InChI is InChI=1S/C12H6Cl2N4O/c13-6-1-2-7(9(14)3-6)11-10-8(4-17-18-11)12(19)16-5-15-10/h1-5H,(H,15,16,19). The van der Waals surface area contributed by atoms with E-state index >= 15 is 0 Å². The Morgan fingerprint density at radius 3 is 2.84 bits per heavy atom. The lowest BCUT2D eigenvalue weighted by Gasteiger charge is -2.05. The van der Waals surface area contributed by atoms with Gasteiger partial charge in [0.15, 0.2) is 0 Å². The first-order chi connectivity index (χ1) is 9.16. The Kier molecular flexibility index (Phi) is 2.93. The number of rotatable bonds is 1. The SMILES string of the molecule is O=c1[nH]cnc2c(-c3ccc(Cl)cc3Cl)nncc12. The normalized spacial score (nSPS) is 10.8. The van der Waals surface area contributed by atoms with Crippen LogP contribution in [0.2, 0.25) is 10.0 Å². The van der Waals surface area contributed by atoms with Crippen molar-refractivity contribution in [3.8, 4) is 11.3 Å². The van der Waals surface area contributed by atoms with Gasteiger partial charge in [-0.15, -0.1) is 5.10 Å². The summed E-state index contributed by atoms with van der Waals surface area (Å²) in [6.45, 7) is 0. The molecule has 1 aromatic carbocycles. The molecule has 0 unspecified atom stereocenters. The predicted molar refractivity (Wildman–Crippen MR) is 73.4 cm³/mol. The lowest BCUT2D eigenvalue weighted by Crippen LogP contribution is -2.08. The third-order valence-corrected chi connectivity index (χ3v) is 3.19. The molecule has 3 aromatic rings. The number of hydrogen-bond donors (Lipinski definition) is 1. The largest absolute Gasteiger partial charge is 0.313 e. The average Bonchev–Trinajstić information content (AvgIpc) is 2.39. The van der Waals surface area contributed by atoms with Gasteiger partial charge in [0.25, 0.3) is 5.56 Å². The first-order valence-corrected chi connectivity index (χ1v) is 6.07. The molecule has 5 nitrogen and oxygen atoms in total. The van der Waals surface area contributed by atoms with Gasteiger partial charge in [-0.1, -0.05) is 23.2 Å². The molecule has 0 atom stereocenters. The molecule has 2 heterocycles. The van der Waals surface area contributed by atoms with Crippen LogP contribution in [0.1, 0.15) is 0 Å². The fraction of sp³-hybridized carbons (Fsp3) is 0. The monoisotopic (exact) mass is 292 g/mol. The molecular formula is C12H6Cl2N4O. The minimum absolute atomic E-state index is 0.272. The Hall–Kier alpha value is -1.98. The lowest BCUT2D eigenvalue weighted by atomic mass is 10.1. The van der Waals surface area contributed by atoms with Crippen molar-refractivity contribution in [1.82, 2.24) is 20.2 Å². The number of hydrogen-bond acceptors (Lipinski definition) is 4. The van der Waals surface area contributed by atoms with Crippen molar-refractivity contribution in [1.29, 1.82) is 0 Å². The molecule has 1 N–H and O–H groups in total. The van der Waals surface area contributed by atoms with Crippen LogP contribution in [0.15, 0.2) is 35.5 Å². The van der Waals surface area contributed by atoms with Gasteiger partial charge in [0.05, 0.1) is 22.9 Å². The third-order valence-electron chi connectivity index (χ3n) is 2.64. The van der Waals surface area contributed by atoms with Gasteiger partial charge in [0.1, 0.15) is 11.2 Å². The highest BCUT2D eigenvalue weighted by atomic mass is 35.5. The van der Waals surface area contributed by atoms with Gasteiger partial charge >= 0.3 is 0 Å². The zero-order valence-electron chi connectivity index (χ0n) is 9.39. The van der Waals surface area contributed by atoms with Crippen molar-refractivity contribution in [2.45, 2.75) is 0 Å². The van der Waals surface area contributed by atoms with Gasteiger partial charge in [-0.25, -0.2) is 4.98 Å². The van der Waals surface area contributed by atoms with Gasteiger partial charge < -0.3 is 4.98 Å². The van der Waals surface area contributed by atoms with Crippen molar-refractivity contribution in [2.75, 3.05) is 0 Å². The summed E-state index contributed by atoms with van der Waals surface area (Å²) < 4.78 is 0. The van der Waals surface area contributed by atoms with Crippen LogP contribution < -0.4 is 5.56 Å². The van der Waals surface area contributed by atoms with Crippen molar-refractivity contribution in [3.05, 3.63) is 51.1 Å². The van der Waals surface area contributed by atoms with E-state index in [4.69, 9.17) is 23.2 Å². The molecule has 94 valence electrons. The minimum Gasteiger partial charge on any atom is -0.313 e. The fourth-order valence-corrected chi connectivity index (χ4v) is 2.27. The molecule has 19 heavy (non-hydrogen) atoms. The Morgan fingerprint density at radius 2 is 2.05 bits per heavy atom. The number of fused-ring (bicyclic) bond motifs is 1. The summed E-state index contributed by atoms with van der Waals surface area (Å²) in [5.41, 5.74) is 1.25. The first-order valence-electron chi connectivity index (χ1n) is 5.31. The molecule has 0 aliphatic rings. The Labute approximate surface area is 117 Å². The van der Waals surface area contributed by atoms with Gasteiger partial charge in [0.2, 0.25) is 0 Å². The minimum atomic E-state index is -0.272. The van der Waals surface area contributed by atoms with E-state index in [0.717, 1.165) is 0 Å². The van der Waals surface area contributed by atoms with Gasteiger partial charge in [0, 0.05) is 10.6 Å². The molecule has 2 aromatic heterocycles. The van der Waals surface area contributed by atoms with Crippen LogP contribution in [-0.2, 0) is 0 Å². The molecular weight excluding hydrogens is 287 g/mol. The summed E-state index contributed by atoms with van der Waals surface area (Å²) in [4.78, 5) is 18.3. The van der Waals surface area contributed by atoms with Crippen molar-refractivity contribution in [2.24, 2.45) is 0 Å². The van der Waals surface area contributed by atoms with E-state index < -0.39 is 0 Å². The van der Waals surface area contributed by atoms with Gasteiger partial charge in [-0.3, -0.25) is 4.79 Å². The molecule has 0 fully saturated rings. The van der Waals surface area contributed by atoms with Crippen molar-refractivity contribution >= 4 is 34.1 Å². The molecule has 7 heteroatoms. The topological polar surface area (TPSA) is 71.5 Å². The summed E-state index contributed by atoms with van der Waals surface area (Å²) in [7, 11) is 0. The molecule has 0 saturated carbocycles. The quantitative estimate of drug-likeness (QED) is 0.748. The Balaban J connectivity index is 2.37. The van der Waals surface area contributed by atoms with Crippen LogP contribution >= 0.6 is 23.2 Å². The summed E-state index contributed by atoms with van der Waals surface area (Å²) in [5, 5.41) is 9.14. The zero-order chi connectivity index (χ0) is 13.4. The second-order valence-corrected chi connectivity index (χ2v) is 4.65. The van der Waals surface area contributed by atoms with Crippen LogP contribution in [0, 0.1) is 0 Å². The van der Waals surface area contributed by atoms with Gasteiger partial charge in [-0.05, 0) is 18.2 Å². The predicted octanol–water partition coefficient (Wildman–Crippen LogP) is 2.69. The maximum Gasteiger partial charge on any atom is 0.260 e. The van der Waals surface area contributed by atoms with Crippen LogP contribution in [0.3, 0.4) is 0 Å². The Bertz CT molecular complexity index is 831. The second-order valence-electron chi connectivity index (χ2n) is 3.81. The number of halogens is 2. The molecule has 0 radical (unpaired) electrons. The molecule has 0 amide bonds. The molecule has 3 rings (SSSR count). The summed E-state index contributed by atoms with van der Waals surface area (Å²) in [6.07, 6.45) is 2.69. The maximum atomic E-state index is 11.7. The maximum absolute atomic E-state index is 11.7. The third kappa shape index (κ3) is 2.07. The van der Waals surface area contributed by atoms with E-state index in [1.165, 1.54) is 12.5 Å². The summed E-state index contributed by atoms with van der Waals surface area (Å²) >= 11 is 12.0. The van der Waals surface area contributed by atoms with Crippen LogP contribution in [0.5, 0.6) is 0 Å². The Morgan fingerprint density at radius 1 is 1.21 bits per heavy atom. The van der Waals surface area contributed by atoms with E-state index in [1.807, 2.05) is 0 Å². The molecule has 0 bridgehead atoms. The van der Waals surface area contributed by atoms with E-state index in [2.05, 4.69) is 20.2 Å². The highest BCUT2D eigenvalue weighted by Gasteiger charge is 2.12. The van der Waals surface area contributed by atoms with E-state index in [0.29, 0.717) is 32.2 Å². The number of nitrogens with one attached hydrogen (secondary N) is 1. The number of aromatic nitrogens is 4. The van der Waals surface area contributed by atoms with Crippen LogP contribution in [0.4, 0.5) is 0 Å². The number of H-pyrrole nitrogens is 1. The van der Waals surface area contributed by atoms with Crippen LogP contribution in [-0.4, -0.2) is 20.2 Å². The molecule has 0 saturated heterocycles. The smallest absolute Gasteiger partial charge is 0.260 e. The second kappa shape index (κ2) is 4.60. The highest BCUT2D eigenvalue weighted by molar-refractivity contribution is 6.36. The molecule has 0 aliphatic carbocycles.